The van der Waals surface area contributed by atoms with Gasteiger partial charge in [-0.05, 0) is 56.2 Å². The monoisotopic (exact) mass is 325 g/mol. The number of hydrogen-bond acceptors (Lipinski definition) is 3. The summed E-state index contributed by atoms with van der Waals surface area (Å²) in [5.41, 5.74) is 1.92. The summed E-state index contributed by atoms with van der Waals surface area (Å²) in [5.74, 6) is -0.415. The van der Waals surface area contributed by atoms with E-state index in [4.69, 9.17) is 9.84 Å². The summed E-state index contributed by atoms with van der Waals surface area (Å²) in [5, 5.41) is 8.99. The number of ether oxygens (including phenoxy) is 1. The molecular weight excluding hydrogens is 306 g/mol. The van der Waals surface area contributed by atoms with Gasteiger partial charge < -0.3 is 14.7 Å². The van der Waals surface area contributed by atoms with Crippen molar-refractivity contribution < 1.29 is 19.4 Å². The highest BCUT2D eigenvalue weighted by atomic mass is 16.5. The minimum atomic E-state index is -0.967. The fraction of sp³-hybridized carbons (Fsp3) is 0.263. The number of aromatic carboxylic acids is 1. The van der Waals surface area contributed by atoms with Crippen LogP contribution in [0.1, 0.15) is 35.3 Å². The van der Waals surface area contributed by atoms with Gasteiger partial charge in [-0.1, -0.05) is 18.2 Å². The lowest BCUT2D eigenvalue weighted by molar-refractivity contribution is -0.132. The van der Waals surface area contributed by atoms with Crippen molar-refractivity contribution in [2.75, 3.05) is 4.90 Å². The Bertz CT molecular complexity index is 809. The van der Waals surface area contributed by atoms with Gasteiger partial charge in [0.1, 0.15) is 5.75 Å². The van der Waals surface area contributed by atoms with Crippen molar-refractivity contribution in [1.82, 2.24) is 0 Å². The summed E-state index contributed by atoms with van der Waals surface area (Å²) in [6, 6.07) is 12.3. The number of amides is 1. The molecule has 5 nitrogen and oxygen atoms in total. The first-order chi connectivity index (χ1) is 11.3. The molecule has 1 aliphatic heterocycles. The Balaban J connectivity index is 1.98. The Morgan fingerprint density at radius 3 is 2.46 bits per heavy atom. The van der Waals surface area contributed by atoms with Gasteiger partial charge in [0, 0.05) is 0 Å². The average Bonchev–Trinajstić information content (AvgIpc) is 2.53. The van der Waals surface area contributed by atoms with Gasteiger partial charge >= 0.3 is 5.97 Å². The van der Waals surface area contributed by atoms with Crippen molar-refractivity contribution in [3.63, 3.8) is 0 Å². The molecule has 0 unspecified atom stereocenters. The second-order valence-electron chi connectivity index (χ2n) is 6.48. The SMILES string of the molecule is Cc1ccc2c(c1)N(Cc1ccc(C(=O)O)cc1)C(=O)C(C)(C)O2. The van der Waals surface area contributed by atoms with Crippen LogP contribution < -0.4 is 9.64 Å². The molecule has 24 heavy (non-hydrogen) atoms. The van der Waals surface area contributed by atoms with E-state index in [1.807, 2.05) is 25.1 Å². The number of carbonyl (C=O) groups excluding carboxylic acids is 1. The fourth-order valence-corrected chi connectivity index (χ4v) is 2.77. The maximum Gasteiger partial charge on any atom is 0.335 e. The molecule has 0 atom stereocenters. The molecule has 1 aliphatic rings. The second-order valence-corrected chi connectivity index (χ2v) is 6.48. The lowest BCUT2D eigenvalue weighted by Crippen LogP contribution is -2.52. The zero-order valence-corrected chi connectivity index (χ0v) is 13.9. The van der Waals surface area contributed by atoms with E-state index in [1.54, 1.807) is 43.0 Å². The van der Waals surface area contributed by atoms with E-state index < -0.39 is 11.6 Å². The van der Waals surface area contributed by atoms with Gasteiger partial charge in [-0.3, -0.25) is 4.79 Å². The predicted octanol–water partition coefficient (Wildman–Crippen LogP) is 3.40. The molecule has 0 saturated carbocycles. The maximum absolute atomic E-state index is 12.8. The molecule has 0 fully saturated rings. The van der Waals surface area contributed by atoms with Crippen molar-refractivity contribution in [2.24, 2.45) is 0 Å². The van der Waals surface area contributed by atoms with Gasteiger partial charge in [-0.25, -0.2) is 4.79 Å². The molecular formula is C19H19NO4. The quantitative estimate of drug-likeness (QED) is 0.939. The molecule has 0 radical (unpaired) electrons. The highest BCUT2D eigenvalue weighted by molar-refractivity contribution is 6.02. The van der Waals surface area contributed by atoms with E-state index in [0.717, 1.165) is 16.8 Å². The van der Waals surface area contributed by atoms with E-state index in [0.29, 0.717) is 12.3 Å². The van der Waals surface area contributed by atoms with Gasteiger partial charge in [0.25, 0.3) is 5.91 Å². The molecule has 0 saturated heterocycles. The Kier molecular flexibility index (Phi) is 3.79. The molecule has 5 heteroatoms. The van der Waals surface area contributed by atoms with Crippen LogP contribution in [0.4, 0.5) is 5.69 Å². The number of carboxylic acid groups (broad SMARTS) is 1. The van der Waals surface area contributed by atoms with Crippen LogP contribution in [0.3, 0.4) is 0 Å². The van der Waals surface area contributed by atoms with Crippen molar-refractivity contribution in [3.8, 4) is 5.75 Å². The number of nitrogens with zero attached hydrogens (tertiary/aromatic N) is 1. The summed E-state index contributed by atoms with van der Waals surface area (Å²) >= 11 is 0. The van der Waals surface area contributed by atoms with Crippen LogP contribution >= 0.6 is 0 Å². The molecule has 0 aliphatic carbocycles. The standard InChI is InChI=1S/C19H19NO4/c1-12-4-9-16-15(10-12)20(18(23)19(2,3)24-16)11-13-5-7-14(8-6-13)17(21)22/h4-10H,11H2,1-3H3,(H,21,22). The van der Waals surface area contributed by atoms with Gasteiger partial charge in [-0.2, -0.15) is 0 Å². The fourth-order valence-electron chi connectivity index (χ4n) is 2.77. The van der Waals surface area contributed by atoms with Crippen molar-refractivity contribution in [3.05, 3.63) is 59.2 Å². The first-order valence-electron chi connectivity index (χ1n) is 7.72. The van der Waals surface area contributed by atoms with E-state index >= 15 is 0 Å². The van der Waals surface area contributed by atoms with E-state index in [1.165, 1.54) is 0 Å². The van der Waals surface area contributed by atoms with Crippen molar-refractivity contribution in [1.29, 1.82) is 0 Å². The Labute approximate surface area is 140 Å². The smallest absolute Gasteiger partial charge is 0.335 e. The summed E-state index contributed by atoms with van der Waals surface area (Å²) in [6.45, 7) is 5.82. The largest absolute Gasteiger partial charge is 0.478 e. The number of aryl methyl sites for hydroxylation is 1. The molecule has 1 N–H and O–H groups in total. The van der Waals surface area contributed by atoms with Gasteiger partial charge in [0.05, 0.1) is 17.8 Å². The Morgan fingerprint density at radius 2 is 1.83 bits per heavy atom. The Hall–Kier alpha value is -2.82. The number of rotatable bonds is 3. The van der Waals surface area contributed by atoms with Crippen molar-refractivity contribution in [2.45, 2.75) is 32.9 Å². The molecule has 1 heterocycles. The Morgan fingerprint density at radius 1 is 1.17 bits per heavy atom. The molecule has 0 aromatic heterocycles. The van der Waals surface area contributed by atoms with Gasteiger partial charge in [0.15, 0.2) is 5.60 Å². The van der Waals surface area contributed by atoms with Crippen LogP contribution in [-0.4, -0.2) is 22.6 Å². The average molecular weight is 325 g/mol. The number of benzene rings is 2. The van der Waals surface area contributed by atoms with Gasteiger partial charge in [-0.15, -0.1) is 0 Å². The van der Waals surface area contributed by atoms with Crippen LogP contribution in [0, 0.1) is 6.92 Å². The van der Waals surface area contributed by atoms with Crippen LogP contribution in [0.5, 0.6) is 5.75 Å². The lowest BCUT2D eigenvalue weighted by atomic mass is 10.0. The molecule has 3 rings (SSSR count). The summed E-state index contributed by atoms with van der Waals surface area (Å²) in [4.78, 5) is 25.5. The minimum absolute atomic E-state index is 0.122. The van der Waals surface area contributed by atoms with Gasteiger partial charge in [0.2, 0.25) is 0 Å². The molecule has 124 valence electrons. The molecule has 0 spiro atoms. The molecule has 0 bridgehead atoms. The van der Waals surface area contributed by atoms with E-state index in [2.05, 4.69) is 0 Å². The molecule has 1 amide bonds. The lowest BCUT2D eigenvalue weighted by Gasteiger charge is -2.39. The third-order valence-corrected chi connectivity index (χ3v) is 4.07. The molecule has 2 aromatic carbocycles. The molecule has 2 aromatic rings. The highest BCUT2D eigenvalue weighted by Gasteiger charge is 2.40. The minimum Gasteiger partial charge on any atom is -0.478 e. The second kappa shape index (κ2) is 5.67. The number of carboxylic acids is 1. The van der Waals surface area contributed by atoms with Crippen LogP contribution in [-0.2, 0) is 11.3 Å². The van der Waals surface area contributed by atoms with E-state index in [-0.39, 0.29) is 11.5 Å². The third-order valence-electron chi connectivity index (χ3n) is 4.07. The number of carbonyl (C=O) groups is 2. The number of anilines is 1. The third kappa shape index (κ3) is 2.85. The van der Waals surface area contributed by atoms with Crippen LogP contribution in [0.15, 0.2) is 42.5 Å². The predicted molar refractivity (Wildman–Crippen MR) is 90.5 cm³/mol. The van der Waals surface area contributed by atoms with E-state index in [9.17, 15) is 9.59 Å². The summed E-state index contributed by atoms with van der Waals surface area (Å²) in [7, 11) is 0. The summed E-state index contributed by atoms with van der Waals surface area (Å²) in [6.07, 6.45) is 0. The summed E-state index contributed by atoms with van der Waals surface area (Å²) < 4.78 is 5.84. The van der Waals surface area contributed by atoms with Crippen LogP contribution in [0.2, 0.25) is 0 Å². The number of hydrogen-bond donors (Lipinski definition) is 1. The number of fused-ring (bicyclic) bond motifs is 1. The zero-order chi connectivity index (χ0) is 17.5. The highest BCUT2D eigenvalue weighted by Crippen LogP contribution is 2.39. The maximum atomic E-state index is 12.8. The van der Waals surface area contributed by atoms with Crippen LogP contribution in [0.25, 0.3) is 0 Å². The topological polar surface area (TPSA) is 66.8 Å². The zero-order valence-electron chi connectivity index (χ0n) is 13.9. The first kappa shape index (κ1) is 16.1. The first-order valence-corrected chi connectivity index (χ1v) is 7.72. The normalized spacial score (nSPS) is 15.6. The van der Waals surface area contributed by atoms with Crippen molar-refractivity contribution >= 4 is 17.6 Å².